The zero-order valence-corrected chi connectivity index (χ0v) is 17.4. The van der Waals surface area contributed by atoms with E-state index in [-0.39, 0.29) is 23.4 Å². The summed E-state index contributed by atoms with van der Waals surface area (Å²) in [4.78, 5) is 12.6. The molecule has 152 valence electrons. The van der Waals surface area contributed by atoms with Crippen molar-refractivity contribution >= 4 is 15.9 Å². The predicted molar refractivity (Wildman–Crippen MR) is 106 cm³/mol. The molecular weight excluding hydrogens is 364 g/mol. The zero-order valence-electron chi connectivity index (χ0n) is 16.6. The molecule has 0 unspecified atom stereocenters. The van der Waals surface area contributed by atoms with E-state index in [4.69, 9.17) is 4.74 Å². The molecule has 1 saturated carbocycles. The summed E-state index contributed by atoms with van der Waals surface area (Å²) in [5.74, 6) is 0.707. The molecule has 0 spiro atoms. The number of benzene rings is 1. The van der Waals surface area contributed by atoms with Gasteiger partial charge in [-0.3, -0.25) is 4.79 Å². The minimum absolute atomic E-state index is 0.125. The van der Waals surface area contributed by atoms with Gasteiger partial charge in [-0.1, -0.05) is 33.1 Å². The van der Waals surface area contributed by atoms with Crippen molar-refractivity contribution in [3.8, 4) is 5.75 Å². The van der Waals surface area contributed by atoms with E-state index in [1.807, 2.05) is 20.8 Å². The van der Waals surface area contributed by atoms with Crippen LogP contribution in [0.1, 0.15) is 52.9 Å². The van der Waals surface area contributed by atoms with Gasteiger partial charge in [0, 0.05) is 12.6 Å². The van der Waals surface area contributed by atoms with Crippen molar-refractivity contribution < 1.29 is 17.9 Å². The Kier molecular flexibility index (Phi) is 8.10. The minimum atomic E-state index is -3.75. The number of hydrogen-bond donors (Lipinski definition) is 1. The fourth-order valence-electron chi connectivity index (χ4n) is 3.30. The second-order valence-electron chi connectivity index (χ2n) is 7.44. The van der Waals surface area contributed by atoms with Crippen molar-refractivity contribution in [1.29, 1.82) is 0 Å². The second kappa shape index (κ2) is 10.1. The predicted octanol–water partition coefficient (Wildman–Crippen LogP) is 3.18. The molecule has 0 heterocycles. The molecule has 27 heavy (non-hydrogen) atoms. The van der Waals surface area contributed by atoms with E-state index in [0.717, 1.165) is 32.1 Å². The van der Waals surface area contributed by atoms with Crippen molar-refractivity contribution in [3.05, 3.63) is 24.3 Å². The highest BCUT2D eigenvalue weighted by Crippen LogP contribution is 2.28. The number of amides is 1. The molecule has 1 N–H and O–H groups in total. The van der Waals surface area contributed by atoms with E-state index in [1.54, 1.807) is 24.3 Å². The Morgan fingerprint density at radius 3 is 2.37 bits per heavy atom. The molecule has 1 fully saturated rings. The molecule has 0 radical (unpaired) electrons. The lowest BCUT2D eigenvalue weighted by Crippen LogP contribution is -2.47. The summed E-state index contributed by atoms with van der Waals surface area (Å²) in [5, 5.41) is 2.84. The number of sulfonamides is 1. The largest absolute Gasteiger partial charge is 0.494 e. The molecule has 1 aliphatic carbocycles. The molecule has 0 aliphatic heterocycles. The van der Waals surface area contributed by atoms with Crippen LogP contribution in [0.2, 0.25) is 0 Å². The van der Waals surface area contributed by atoms with E-state index in [9.17, 15) is 13.2 Å². The summed E-state index contributed by atoms with van der Waals surface area (Å²) in [5.41, 5.74) is 0. The molecule has 1 aromatic rings. The number of carbonyl (C=O) groups is 1. The van der Waals surface area contributed by atoms with Crippen molar-refractivity contribution in [2.75, 3.05) is 19.7 Å². The summed E-state index contributed by atoms with van der Waals surface area (Å²) < 4.78 is 33.4. The van der Waals surface area contributed by atoms with Gasteiger partial charge in [-0.15, -0.1) is 0 Å². The van der Waals surface area contributed by atoms with Crippen LogP contribution in [-0.2, 0) is 14.8 Å². The van der Waals surface area contributed by atoms with Gasteiger partial charge in [0.15, 0.2) is 0 Å². The smallest absolute Gasteiger partial charge is 0.243 e. The van der Waals surface area contributed by atoms with Crippen LogP contribution in [0.3, 0.4) is 0 Å². The van der Waals surface area contributed by atoms with Gasteiger partial charge in [0.25, 0.3) is 0 Å². The van der Waals surface area contributed by atoms with E-state index in [2.05, 4.69) is 5.32 Å². The highest BCUT2D eigenvalue weighted by Gasteiger charge is 2.33. The van der Waals surface area contributed by atoms with E-state index in [0.29, 0.717) is 24.8 Å². The molecule has 1 aliphatic rings. The summed E-state index contributed by atoms with van der Waals surface area (Å²) in [6.45, 7) is 6.83. The van der Waals surface area contributed by atoms with Crippen LogP contribution in [0.15, 0.2) is 29.2 Å². The quantitative estimate of drug-likeness (QED) is 0.696. The number of nitrogens with one attached hydrogen (secondary N) is 1. The lowest BCUT2D eigenvalue weighted by atomic mass is 9.95. The lowest BCUT2D eigenvalue weighted by Gasteiger charge is -2.33. The maximum atomic E-state index is 13.3. The van der Waals surface area contributed by atoms with Gasteiger partial charge in [0.2, 0.25) is 15.9 Å². The van der Waals surface area contributed by atoms with Gasteiger partial charge in [-0.2, -0.15) is 4.31 Å². The first-order valence-corrected chi connectivity index (χ1v) is 11.3. The standard InChI is InChI=1S/C20H32N2O4S/c1-4-26-18-10-12-19(13-11-18)27(24,25)22(17-8-6-5-7-9-17)15-20(23)21-14-16(2)3/h10-13,16-17H,4-9,14-15H2,1-3H3,(H,21,23). The third-order valence-corrected chi connectivity index (χ3v) is 6.64. The third-order valence-electron chi connectivity index (χ3n) is 4.73. The van der Waals surface area contributed by atoms with Gasteiger partial charge in [0.05, 0.1) is 18.0 Å². The molecule has 0 bridgehead atoms. The van der Waals surface area contributed by atoms with Crippen molar-refractivity contribution in [2.24, 2.45) is 5.92 Å². The van der Waals surface area contributed by atoms with Crippen molar-refractivity contribution in [2.45, 2.75) is 63.8 Å². The second-order valence-corrected chi connectivity index (χ2v) is 9.33. The molecule has 2 rings (SSSR count). The Hall–Kier alpha value is -1.60. The first-order valence-electron chi connectivity index (χ1n) is 9.86. The van der Waals surface area contributed by atoms with Crippen LogP contribution < -0.4 is 10.1 Å². The molecule has 1 aromatic carbocycles. The molecule has 6 nitrogen and oxygen atoms in total. The third kappa shape index (κ3) is 6.21. The topological polar surface area (TPSA) is 75.7 Å². The van der Waals surface area contributed by atoms with Crippen molar-refractivity contribution in [1.82, 2.24) is 9.62 Å². The molecule has 7 heteroatoms. The van der Waals surface area contributed by atoms with Crippen molar-refractivity contribution in [3.63, 3.8) is 0 Å². The van der Waals surface area contributed by atoms with Crippen LogP contribution in [0.5, 0.6) is 5.75 Å². The maximum absolute atomic E-state index is 13.3. The average Bonchev–Trinajstić information content (AvgIpc) is 2.65. The van der Waals surface area contributed by atoms with Gasteiger partial charge in [-0.05, 0) is 49.9 Å². The summed E-state index contributed by atoms with van der Waals surface area (Å²) in [6, 6.07) is 6.31. The first kappa shape index (κ1) is 21.7. The van der Waals surface area contributed by atoms with Crippen LogP contribution in [-0.4, -0.2) is 44.4 Å². The highest BCUT2D eigenvalue weighted by molar-refractivity contribution is 7.89. The Morgan fingerprint density at radius 1 is 1.19 bits per heavy atom. The van der Waals surface area contributed by atoms with Gasteiger partial charge >= 0.3 is 0 Å². The van der Waals surface area contributed by atoms with Gasteiger partial charge in [-0.25, -0.2) is 8.42 Å². The Bertz CT molecular complexity index is 695. The average molecular weight is 397 g/mol. The first-order chi connectivity index (χ1) is 12.8. The lowest BCUT2D eigenvalue weighted by molar-refractivity contribution is -0.121. The SMILES string of the molecule is CCOc1ccc(S(=O)(=O)N(CC(=O)NCC(C)C)C2CCCCC2)cc1. The van der Waals surface area contributed by atoms with E-state index in [1.165, 1.54) is 4.31 Å². The van der Waals surface area contributed by atoms with E-state index < -0.39 is 10.0 Å². The molecule has 0 saturated heterocycles. The summed E-state index contributed by atoms with van der Waals surface area (Å²) in [6.07, 6.45) is 4.70. The number of nitrogens with zero attached hydrogens (tertiary/aromatic N) is 1. The van der Waals surface area contributed by atoms with Crippen LogP contribution in [0, 0.1) is 5.92 Å². The fourth-order valence-corrected chi connectivity index (χ4v) is 4.95. The highest BCUT2D eigenvalue weighted by atomic mass is 32.2. The number of carbonyl (C=O) groups excluding carboxylic acids is 1. The summed E-state index contributed by atoms with van der Waals surface area (Å²) >= 11 is 0. The molecular formula is C20H32N2O4S. The van der Waals surface area contributed by atoms with Crippen LogP contribution in [0.25, 0.3) is 0 Å². The number of rotatable bonds is 9. The Morgan fingerprint density at radius 2 is 1.81 bits per heavy atom. The van der Waals surface area contributed by atoms with Crippen LogP contribution in [0.4, 0.5) is 0 Å². The maximum Gasteiger partial charge on any atom is 0.243 e. The molecule has 0 aromatic heterocycles. The van der Waals surface area contributed by atoms with Gasteiger partial charge < -0.3 is 10.1 Å². The number of ether oxygens (including phenoxy) is 1. The van der Waals surface area contributed by atoms with E-state index >= 15 is 0 Å². The van der Waals surface area contributed by atoms with Gasteiger partial charge in [0.1, 0.15) is 5.75 Å². The molecule has 0 atom stereocenters. The Balaban J connectivity index is 2.22. The summed E-state index contributed by atoms with van der Waals surface area (Å²) in [7, 11) is -3.75. The molecule has 1 amide bonds. The Labute approximate surface area is 163 Å². The van der Waals surface area contributed by atoms with Crippen LogP contribution >= 0.6 is 0 Å². The fraction of sp³-hybridized carbons (Fsp3) is 0.650. The zero-order chi connectivity index (χ0) is 19.9. The normalized spacial score (nSPS) is 15.9. The number of hydrogen-bond acceptors (Lipinski definition) is 4. The monoisotopic (exact) mass is 396 g/mol. The minimum Gasteiger partial charge on any atom is -0.494 e.